The normalized spacial score (nSPS) is 14.1. The molecule has 2 rings (SSSR count). The average molecular weight is 225 g/mol. The number of hydrogen-bond acceptors (Lipinski definition) is 5. The van der Waals surface area contributed by atoms with Crippen molar-refractivity contribution in [2.24, 2.45) is 5.90 Å². The van der Waals surface area contributed by atoms with Crippen molar-refractivity contribution in [2.45, 2.75) is 13.0 Å². The van der Waals surface area contributed by atoms with E-state index in [1.807, 2.05) is 12.1 Å². The zero-order chi connectivity index (χ0) is 11.4. The summed E-state index contributed by atoms with van der Waals surface area (Å²) in [5, 5.41) is 0. The Balaban J connectivity index is 2.35. The fraction of sp³-hybridized carbons (Fsp3) is 0.455. The fourth-order valence-electron chi connectivity index (χ4n) is 1.82. The summed E-state index contributed by atoms with van der Waals surface area (Å²) in [6, 6.07) is 3.78. The molecule has 1 heterocycles. The molecule has 0 aliphatic carbocycles. The van der Waals surface area contributed by atoms with Crippen LogP contribution in [-0.4, -0.2) is 20.5 Å². The molecule has 0 unspecified atom stereocenters. The number of benzene rings is 1. The first-order chi connectivity index (χ1) is 7.86. The van der Waals surface area contributed by atoms with Crippen LogP contribution in [0.2, 0.25) is 0 Å². The van der Waals surface area contributed by atoms with Crippen LogP contribution in [0.4, 0.5) is 0 Å². The van der Waals surface area contributed by atoms with Crippen molar-refractivity contribution in [1.29, 1.82) is 0 Å². The van der Waals surface area contributed by atoms with Crippen LogP contribution in [0.15, 0.2) is 12.1 Å². The molecule has 0 fully saturated rings. The van der Waals surface area contributed by atoms with Crippen LogP contribution < -0.4 is 15.4 Å². The summed E-state index contributed by atoms with van der Waals surface area (Å²) in [5.41, 5.74) is 2.05. The van der Waals surface area contributed by atoms with Crippen molar-refractivity contribution in [3.05, 3.63) is 23.3 Å². The van der Waals surface area contributed by atoms with Crippen LogP contribution in [-0.2, 0) is 22.6 Å². The number of rotatable bonds is 4. The minimum atomic E-state index is 0.298. The van der Waals surface area contributed by atoms with E-state index in [2.05, 4.69) is 4.84 Å². The summed E-state index contributed by atoms with van der Waals surface area (Å²) < 4.78 is 16.0. The quantitative estimate of drug-likeness (QED) is 0.774. The van der Waals surface area contributed by atoms with Gasteiger partial charge in [0.2, 0.25) is 0 Å². The molecular weight excluding hydrogens is 210 g/mol. The van der Waals surface area contributed by atoms with Gasteiger partial charge in [-0.15, -0.1) is 0 Å². The number of nitrogens with two attached hydrogens (primary N) is 1. The largest absolute Gasteiger partial charge is 0.496 e. The third-order valence-corrected chi connectivity index (χ3v) is 2.58. The van der Waals surface area contributed by atoms with Crippen molar-refractivity contribution in [2.75, 3.05) is 20.5 Å². The highest BCUT2D eigenvalue weighted by molar-refractivity contribution is 5.49. The summed E-state index contributed by atoms with van der Waals surface area (Å²) in [6.45, 7) is 1.27. The summed E-state index contributed by atoms with van der Waals surface area (Å²) in [6.07, 6.45) is 0.676. The Bertz CT molecular complexity index is 367. The van der Waals surface area contributed by atoms with Crippen LogP contribution in [0.1, 0.15) is 11.1 Å². The lowest BCUT2D eigenvalue weighted by molar-refractivity contribution is -0.0171. The van der Waals surface area contributed by atoms with Crippen molar-refractivity contribution in [3.63, 3.8) is 0 Å². The predicted molar refractivity (Wildman–Crippen MR) is 57.1 cm³/mol. The van der Waals surface area contributed by atoms with E-state index in [-0.39, 0.29) is 0 Å². The van der Waals surface area contributed by atoms with Gasteiger partial charge in [-0.05, 0) is 12.1 Å². The smallest absolute Gasteiger partial charge is 0.189 e. The monoisotopic (exact) mass is 225 g/mol. The molecule has 0 saturated carbocycles. The van der Waals surface area contributed by atoms with E-state index in [9.17, 15) is 0 Å². The lowest BCUT2D eigenvalue weighted by Crippen LogP contribution is -2.15. The predicted octanol–water partition coefficient (Wildman–Crippen LogP) is 0.994. The number of fused-ring (bicyclic) bond motifs is 1. The second-order valence-electron chi connectivity index (χ2n) is 3.45. The Morgan fingerprint density at radius 2 is 2.31 bits per heavy atom. The molecule has 16 heavy (non-hydrogen) atoms. The third kappa shape index (κ3) is 2.11. The van der Waals surface area contributed by atoms with Gasteiger partial charge in [0.15, 0.2) is 6.79 Å². The van der Waals surface area contributed by atoms with E-state index in [1.165, 1.54) is 0 Å². The zero-order valence-electron chi connectivity index (χ0n) is 9.19. The first-order valence-corrected chi connectivity index (χ1v) is 5.07. The van der Waals surface area contributed by atoms with E-state index in [1.54, 1.807) is 7.11 Å². The minimum Gasteiger partial charge on any atom is -0.496 e. The van der Waals surface area contributed by atoms with Gasteiger partial charge in [-0.3, -0.25) is 0 Å². The molecule has 1 aliphatic heterocycles. The molecule has 5 heteroatoms. The fourth-order valence-corrected chi connectivity index (χ4v) is 1.82. The standard InChI is InChI=1S/C11H15NO4/c1-13-10-2-3-11-9(6-14-7-15-11)8(10)4-5-16-12/h2-3H,4-7,12H2,1H3. The lowest BCUT2D eigenvalue weighted by Gasteiger charge is -2.22. The van der Waals surface area contributed by atoms with E-state index < -0.39 is 0 Å². The topological polar surface area (TPSA) is 62.9 Å². The maximum Gasteiger partial charge on any atom is 0.189 e. The van der Waals surface area contributed by atoms with Gasteiger partial charge in [0.1, 0.15) is 11.5 Å². The molecule has 0 radical (unpaired) electrons. The number of methoxy groups -OCH3 is 1. The van der Waals surface area contributed by atoms with Gasteiger partial charge in [-0.25, -0.2) is 5.90 Å². The summed E-state index contributed by atoms with van der Waals surface area (Å²) in [5.74, 6) is 6.70. The van der Waals surface area contributed by atoms with E-state index in [0.717, 1.165) is 22.6 Å². The highest BCUT2D eigenvalue weighted by atomic mass is 16.7. The van der Waals surface area contributed by atoms with E-state index in [0.29, 0.717) is 26.4 Å². The number of ether oxygens (including phenoxy) is 3. The van der Waals surface area contributed by atoms with Gasteiger partial charge in [-0.1, -0.05) is 0 Å². The Morgan fingerprint density at radius 3 is 3.06 bits per heavy atom. The Kier molecular flexibility index (Phi) is 3.61. The molecule has 0 spiro atoms. The van der Waals surface area contributed by atoms with Gasteiger partial charge in [0.05, 0.1) is 20.3 Å². The molecule has 0 amide bonds. The molecule has 2 N–H and O–H groups in total. The van der Waals surface area contributed by atoms with E-state index >= 15 is 0 Å². The average Bonchev–Trinajstić information content (AvgIpc) is 2.35. The summed E-state index contributed by atoms with van der Waals surface area (Å²) in [4.78, 5) is 4.60. The molecule has 0 atom stereocenters. The van der Waals surface area contributed by atoms with Crippen LogP contribution >= 0.6 is 0 Å². The van der Waals surface area contributed by atoms with Gasteiger partial charge in [-0.2, -0.15) is 0 Å². The Labute approximate surface area is 94.0 Å². The van der Waals surface area contributed by atoms with Crippen molar-refractivity contribution < 1.29 is 19.0 Å². The van der Waals surface area contributed by atoms with Gasteiger partial charge >= 0.3 is 0 Å². The van der Waals surface area contributed by atoms with Gasteiger partial charge in [0, 0.05) is 17.5 Å². The molecule has 0 bridgehead atoms. The highest BCUT2D eigenvalue weighted by Crippen LogP contribution is 2.33. The Morgan fingerprint density at radius 1 is 1.44 bits per heavy atom. The van der Waals surface area contributed by atoms with Crippen LogP contribution in [0.3, 0.4) is 0 Å². The minimum absolute atomic E-state index is 0.298. The molecule has 1 aliphatic rings. The first kappa shape index (κ1) is 11.2. The van der Waals surface area contributed by atoms with Crippen LogP contribution in [0, 0.1) is 0 Å². The summed E-state index contributed by atoms with van der Waals surface area (Å²) >= 11 is 0. The number of hydrogen-bond donors (Lipinski definition) is 1. The second kappa shape index (κ2) is 5.16. The van der Waals surface area contributed by atoms with Crippen LogP contribution in [0.25, 0.3) is 0 Å². The summed E-state index contributed by atoms with van der Waals surface area (Å²) in [7, 11) is 1.64. The van der Waals surface area contributed by atoms with Crippen LogP contribution in [0.5, 0.6) is 11.5 Å². The van der Waals surface area contributed by atoms with Gasteiger partial charge in [0.25, 0.3) is 0 Å². The Hall–Kier alpha value is -1.30. The maximum absolute atomic E-state index is 5.39. The second-order valence-corrected chi connectivity index (χ2v) is 3.45. The SMILES string of the molecule is COc1ccc2c(c1CCON)COCO2. The molecule has 88 valence electrons. The van der Waals surface area contributed by atoms with Gasteiger partial charge < -0.3 is 19.0 Å². The maximum atomic E-state index is 5.39. The van der Waals surface area contributed by atoms with Crippen molar-refractivity contribution in [3.8, 4) is 11.5 Å². The lowest BCUT2D eigenvalue weighted by atomic mass is 10.0. The molecule has 1 aromatic carbocycles. The first-order valence-electron chi connectivity index (χ1n) is 5.07. The highest BCUT2D eigenvalue weighted by Gasteiger charge is 2.18. The molecule has 0 saturated heterocycles. The molecule has 1 aromatic rings. The zero-order valence-corrected chi connectivity index (χ0v) is 9.19. The molecular formula is C11H15NO4. The third-order valence-electron chi connectivity index (χ3n) is 2.58. The molecule has 0 aromatic heterocycles. The van der Waals surface area contributed by atoms with Crippen molar-refractivity contribution >= 4 is 0 Å². The van der Waals surface area contributed by atoms with Crippen molar-refractivity contribution in [1.82, 2.24) is 0 Å². The van der Waals surface area contributed by atoms with E-state index in [4.69, 9.17) is 20.1 Å². The molecule has 5 nitrogen and oxygen atoms in total.